The minimum atomic E-state index is -4.33. The number of unbranched alkanes of at least 4 members (excludes halogenated alkanes) is 1. The molecule has 7 nitrogen and oxygen atoms in total. The first-order valence-corrected chi connectivity index (χ1v) is 17.2. The van der Waals surface area contributed by atoms with E-state index in [-0.39, 0.29) is 23.9 Å². The van der Waals surface area contributed by atoms with E-state index in [0.29, 0.717) is 29.9 Å². The Labute approximate surface area is 283 Å². The van der Waals surface area contributed by atoms with E-state index in [1.807, 2.05) is 32.0 Å². The van der Waals surface area contributed by atoms with Gasteiger partial charge in [0.1, 0.15) is 17.4 Å². The fourth-order valence-electron chi connectivity index (χ4n) is 5.45. The lowest BCUT2D eigenvalue weighted by molar-refractivity contribution is -0.137. The Balaban J connectivity index is 0.000000486. The molecular weight excluding hydrogens is 617 g/mol. The number of piperidine rings is 1. The average Bonchev–Trinajstić information content (AvgIpc) is 3.53. The van der Waals surface area contributed by atoms with Crippen LogP contribution in [0.25, 0.3) is 11.1 Å². The first-order chi connectivity index (χ1) is 23.1. The van der Waals surface area contributed by atoms with Crippen LogP contribution in [0.2, 0.25) is 0 Å². The monoisotopic (exact) mass is 668 g/mol. The van der Waals surface area contributed by atoms with Gasteiger partial charge in [-0.15, -0.1) is 0 Å². The second-order valence-electron chi connectivity index (χ2n) is 11.7. The highest BCUT2D eigenvalue weighted by Gasteiger charge is 2.30. The van der Waals surface area contributed by atoms with Crippen LogP contribution in [0.1, 0.15) is 101 Å². The molecule has 5 rings (SSSR count). The van der Waals surface area contributed by atoms with Crippen LogP contribution in [0.4, 0.5) is 24.5 Å². The minimum absolute atomic E-state index is 0.0257. The van der Waals surface area contributed by atoms with E-state index < -0.39 is 11.7 Å². The fraction of sp³-hybridized carbons (Fsp3) is 0.474. The fourth-order valence-corrected chi connectivity index (χ4v) is 5.45. The van der Waals surface area contributed by atoms with Gasteiger partial charge in [0.05, 0.1) is 5.56 Å². The predicted octanol–water partition coefficient (Wildman–Crippen LogP) is 9.84. The molecule has 0 radical (unpaired) electrons. The van der Waals surface area contributed by atoms with Crippen molar-refractivity contribution in [2.24, 2.45) is 0 Å². The van der Waals surface area contributed by atoms with Crippen molar-refractivity contribution >= 4 is 28.4 Å². The zero-order valence-electron chi connectivity index (χ0n) is 28.9. The number of carbonyl (C=O) groups is 1. The number of fused-ring (bicyclic) bond motifs is 1. The van der Waals surface area contributed by atoms with Crippen LogP contribution in [0.5, 0.6) is 5.75 Å². The van der Waals surface area contributed by atoms with Crippen LogP contribution in [0, 0.1) is 0 Å². The highest BCUT2D eigenvalue weighted by molar-refractivity contribution is 5.92. The summed E-state index contributed by atoms with van der Waals surface area (Å²) in [6.07, 6.45) is 3.18. The van der Waals surface area contributed by atoms with Crippen molar-refractivity contribution in [3.63, 3.8) is 0 Å². The van der Waals surface area contributed by atoms with Crippen molar-refractivity contribution in [3.8, 4) is 5.75 Å². The molecule has 1 amide bonds. The molecule has 0 aliphatic carbocycles. The second kappa shape index (κ2) is 19.0. The smallest absolute Gasteiger partial charge is 0.416 e. The zero-order chi connectivity index (χ0) is 35.1. The Bertz CT molecular complexity index is 1510. The van der Waals surface area contributed by atoms with Crippen molar-refractivity contribution in [2.45, 2.75) is 104 Å². The van der Waals surface area contributed by atoms with Gasteiger partial charge in [-0.25, -0.2) is 4.98 Å². The van der Waals surface area contributed by atoms with Crippen molar-refractivity contribution in [2.75, 3.05) is 23.7 Å². The van der Waals surface area contributed by atoms with Gasteiger partial charge in [-0.3, -0.25) is 4.79 Å². The second-order valence-corrected chi connectivity index (χ2v) is 11.7. The molecule has 0 spiro atoms. The zero-order valence-corrected chi connectivity index (χ0v) is 28.9. The van der Waals surface area contributed by atoms with E-state index in [9.17, 15) is 18.0 Å². The topological polar surface area (TPSA) is 93.6 Å². The molecule has 262 valence electrons. The Hall–Kier alpha value is -4.21. The maximum atomic E-state index is 12.8. The Kier molecular flexibility index (Phi) is 15.1. The molecule has 1 atom stereocenters. The first-order valence-electron chi connectivity index (χ1n) is 17.2. The van der Waals surface area contributed by atoms with Gasteiger partial charge in [0.25, 0.3) is 5.89 Å². The quantitative estimate of drug-likeness (QED) is 0.155. The molecule has 3 aromatic carbocycles. The summed E-state index contributed by atoms with van der Waals surface area (Å²) in [6.45, 7) is 11.7. The third kappa shape index (κ3) is 11.5. The number of anilines is 2. The molecule has 1 aliphatic heterocycles. The summed E-state index contributed by atoms with van der Waals surface area (Å²) in [5, 5.41) is 3.05. The number of nitrogens with one attached hydrogen (secondary N) is 1. The number of carbonyl (C=O) groups excluding carboxylic acids is 1. The molecule has 1 aromatic heterocycles. The number of nitrogens with zero attached hydrogens (tertiary/aromatic N) is 2. The van der Waals surface area contributed by atoms with E-state index in [4.69, 9.17) is 14.9 Å². The average molecular weight is 669 g/mol. The van der Waals surface area contributed by atoms with E-state index in [1.165, 1.54) is 17.7 Å². The molecule has 3 N–H and O–H groups in total. The molecule has 0 saturated carbocycles. The van der Waals surface area contributed by atoms with Crippen molar-refractivity contribution < 1.29 is 27.1 Å². The number of nitrogens with two attached hydrogens (primary N) is 1. The van der Waals surface area contributed by atoms with Crippen LogP contribution in [-0.4, -0.2) is 36.1 Å². The minimum Gasteiger partial charge on any atom is -0.490 e. The third-order valence-corrected chi connectivity index (χ3v) is 8.13. The number of hydrogen-bond donors (Lipinski definition) is 2. The number of rotatable bonds is 11. The van der Waals surface area contributed by atoms with Crippen LogP contribution >= 0.6 is 0 Å². The van der Waals surface area contributed by atoms with Crippen molar-refractivity contribution in [1.82, 2.24) is 10.3 Å². The van der Waals surface area contributed by atoms with E-state index in [2.05, 4.69) is 48.1 Å². The molecule has 1 fully saturated rings. The van der Waals surface area contributed by atoms with Gasteiger partial charge in [0.2, 0.25) is 0 Å². The van der Waals surface area contributed by atoms with Crippen LogP contribution in [0.15, 0.2) is 71.1 Å². The largest absolute Gasteiger partial charge is 0.490 e. The summed E-state index contributed by atoms with van der Waals surface area (Å²) in [6, 6.07) is 18.7. The molecule has 1 unspecified atom stereocenters. The van der Waals surface area contributed by atoms with Gasteiger partial charge in [-0.2, -0.15) is 13.2 Å². The molecule has 2 heterocycles. The van der Waals surface area contributed by atoms with Gasteiger partial charge in [-0.05, 0) is 73.4 Å². The molecule has 0 bridgehead atoms. The number of ether oxygens (including phenoxy) is 1. The molecule has 10 heteroatoms. The summed E-state index contributed by atoms with van der Waals surface area (Å²) in [5.74, 6) is 0.383. The summed E-state index contributed by atoms with van der Waals surface area (Å²) < 4.78 is 50.4. The highest BCUT2D eigenvalue weighted by atomic mass is 19.4. The number of aryl methyl sites for hydroxylation is 1. The number of nitrogen functional groups attached to an aromatic ring is 1. The summed E-state index contributed by atoms with van der Waals surface area (Å²) in [7, 11) is 0. The summed E-state index contributed by atoms with van der Waals surface area (Å²) in [4.78, 5) is 19.1. The van der Waals surface area contributed by atoms with Gasteiger partial charge >= 0.3 is 12.1 Å². The van der Waals surface area contributed by atoms with Crippen LogP contribution < -0.4 is 20.7 Å². The van der Waals surface area contributed by atoms with Gasteiger partial charge < -0.3 is 25.1 Å². The Morgan fingerprint density at radius 2 is 1.65 bits per heavy atom. The Morgan fingerprint density at radius 3 is 2.23 bits per heavy atom. The summed E-state index contributed by atoms with van der Waals surface area (Å²) in [5.41, 5.74) is 8.87. The molecular formula is C38H51F3N4O3. The number of oxazole rings is 1. The van der Waals surface area contributed by atoms with Crippen LogP contribution in [-0.2, 0) is 12.6 Å². The normalized spacial score (nSPS) is 14.0. The summed E-state index contributed by atoms with van der Waals surface area (Å²) >= 11 is 0. The number of hydrogen-bond acceptors (Lipinski definition) is 6. The number of amides is 1. The Morgan fingerprint density at radius 1 is 0.979 bits per heavy atom. The molecule has 1 saturated heterocycles. The number of halogens is 3. The number of aromatic nitrogens is 1. The van der Waals surface area contributed by atoms with Gasteiger partial charge in [0, 0.05) is 49.4 Å². The van der Waals surface area contributed by atoms with Gasteiger partial charge in [0.15, 0.2) is 5.58 Å². The number of alkyl halides is 3. The molecule has 48 heavy (non-hydrogen) atoms. The molecule has 1 aliphatic rings. The standard InChI is InChI=1S/C28H34F3N3O3.C8H11N.C2H6/c1-3-5-7-20(6-4-2)32-26(35)27-33-24-13-12-23(18-25(24)37-27)36-22-14-16-34(17-15-22)21-10-8-19(9-11-21)28(29,30)31;1-2-7-3-5-8(9)6-4-7;1-2/h8-13,18,20,22H,3-7,14-17H2,1-2H3,(H,32,35);3-6H,2,9H2,1H3;1-2H3. The number of benzene rings is 3. The van der Waals surface area contributed by atoms with Crippen molar-refractivity contribution in [3.05, 3.63) is 83.7 Å². The third-order valence-electron chi connectivity index (χ3n) is 8.13. The highest BCUT2D eigenvalue weighted by Crippen LogP contribution is 2.32. The lowest BCUT2D eigenvalue weighted by atomic mass is 10.1. The lowest BCUT2D eigenvalue weighted by Gasteiger charge is -2.33. The first kappa shape index (κ1) is 38.2. The van der Waals surface area contributed by atoms with E-state index >= 15 is 0 Å². The van der Waals surface area contributed by atoms with Gasteiger partial charge in [-0.1, -0.05) is 66.0 Å². The van der Waals surface area contributed by atoms with Crippen molar-refractivity contribution in [1.29, 1.82) is 0 Å². The van der Waals surface area contributed by atoms with E-state index in [0.717, 1.165) is 74.9 Å². The van der Waals surface area contributed by atoms with Crippen LogP contribution in [0.3, 0.4) is 0 Å². The SMILES string of the molecule is CC.CCCCC(CCC)NC(=O)c1nc2ccc(OC3CCN(c4ccc(C(F)(F)F)cc4)CC3)cc2o1.CCc1ccc(N)cc1. The maximum absolute atomic E-state index is 12.8. The van der Waals surface area contributed by atoms with E-state index in [1.54, 1.807) is 12.1 Å². The maximum Gasteiger partial charge on any atom is 0.416 e. The lowest BCUT2D eigenvalue weighted by Crippen LogP contribution is -2.38. The predicted molar refractivity (Wildman–Crippen MR) is 189 cm³/mol. The molecule has 4 aromatic rings.